The van der Waals surface area contributed by atoms with E-state index in [1.165, 1.54) is 17.1 Å². The molecule has 0 fully saturated rings. The largest absolute Gasteiger partial charge is 0.435 e. The summed E-state index contributed by atoms with van der Waals surface area (Å²) < 4.78 is 34.7. The minimum atomic E-state index is -2.89. The van der Waals surface area contributed by atoms with E-state index >= 15 is 0 Å². The van der Waals surface area contributed by atoms with Gasteiger partial charge in [-0.15, -0.1) is 0 Å². The van der Waals surface area contributed by atoms with E-state index < -0.39 is 12.7 Å². The zero-order valence-electron chi connectivity index (χ0n) is 15.8. The van der Waals surface area contributed by atoms with Crippen LogP contribution in [0.2, 0.25) is 0 Å². The van der Waals surface area contributed by atoms with Crippen LogP contribution in [0.4, 0.5) is 13.6 Å². The average Bonchev–Trinajstić information content (AvgIpc) is 3.21. The lowest BCUT2D eigenvalue weighted by atomic mass is 9.91. The van der Waals surface area contributed by atoms with Crippen molar-refractivity contribution in [3.05, 3.63) is 96.1 Å². The summed E-state index contributed by atoms with van der Waals surface area (Å²) in [6.07, 6.45) is -0.588. The highest BCUT2D eigenvalue weighted by atomic mass is 19.3. The maximum atomic E-state index is 12.6. The number of halogens is 2. The van der Waals surface area contributed by atoms with Gasteiger partial charge >= 0.3 is 12.7 Å². The van der Waals surface area contributed by atoms with E-state index in [-0.39, 0.29) is 11.7 Å². The van der Waals surface area contributed by atoms with Crippen molar-refractivity contribution in [1.29, 1.82) is 0 Å². The third kappa shape index (κ3) is 4.46. The van der Waals surface area contributed by atoms with Gasteiger partial charge in [0, 0.05) is 5.92 Å². The maximum Gasteiger partial charge on any atom is 0.435 e. The summed E-state index contributed by atoms with van der Waals surface area (Å²) in [5, 5.41) is 5.77. The summed E-state index contributed by atoms with van der Waals surface area (Å²) >= 11 is 0. The number of benzene rings is 3. The first kappa shape index (κ1) is 19.6. The minimum absolute atomic E-state index is 0.0592. The monoisotopic (exact) mass is 408 g/mol. The van der Waals surface area contributed by atoms with Crippen LogP contribution < -0.4 is 9.47 Å². The second-order valence-electron chi connectivity index (χ2n) is 6.61. The summed E-state index contributed by atoms with van der Waals surface area (Å²) in [6, 6.07) is 24.6. The second kappa shape index (κ2) is 8.73. The molecule has 1 heterocycles. The third-order valence-corrected chi connectivity index (χ3v) is 4.65. The second-order valence-corrected chi connectivity index (χ2v) is 6.61. The number of hydrazone groups is 1. The summed E-state index contributed by atoms with van der Waals surface area (Å²) in [4.78, 5) is 12.6. The van der Waals surface area contributed by atoms with Crippen LogP contribution >= 0.6 is 0 Å². The number of rotatable bonds is 5. The van der Waals surface area contributed by atoms with Gasteiger partial charge in [0.1, 0.15) is 11.5 Å². The van der Waals surface area contributed by atoms with Crippen LogP contribution in [0.5, 0.6) is 11.5 Å². The molecule has 3 aromatic rings. The number of hydrogen-bond acceptors (Lipinski definition) is 4. The van der Waals surface area contributed by atoms with Gasteiger partial charge < -0.3 is 9.47 Å². The Kier molecular flexibility index (Phi) is 5.70. The van der Waals surface area contributed by atoms with E-state index in [1.54, 1.807) is 36.4 Å². The molecular weight excluding hydrogens is 390 g/mol. The van der Waals surface area contributed by atoms with Crippen LogP contribution in [-0.2, 0) is 0 Å². The van der Waals surface area contributed by atoms with Crippen molar-refractivity contribution < 1.29 is 23.0 Å². The molecule has 3 aromatic carbocycles. The van der Waals surface area contributed by atoms with Gasteiger partial charge in [-0.3, -0.25) is 0 Å². The number of nitrogens with zero attached hydrogens (tertiary/aromatic N) is 2. The number of amides is 1. The maximum absolute atomic E-state index is 12.6. The molecule has 0 aromatic heterocycles. The Hall–Kier alpha value is -3.74. The number of hydrogen-bond donors (Lipinski definition) is 0. The van der Waals surface area contributed by atoms with Crippen LogP contribution in [0, 0.1) is 0 Å². The molecule has 1 unspecified atom stereocenters. The first-order valence-electron chi connectivity index (χ1n) is 9.33. The SMILES string of the molecule is O=C(Oc1ccccc1)N1CC(c2ccccc2)C(c2ccc(OC(F)F)cc2)=N1. The zero-order chi connectivity index (χ0) is 20.9. The molecule has 1 amide bonds. The Bertz CT molecular complexity index is 1030. The Labute approximate surface area is 172 Å². The molecule has 0 N–H and O–H groups in total. The molecule has 1 aliphatic heterocycles. The van der Waals surface area contributed by atoms with Gasteiger partial charge in [-0.05, 0) is 47.5 Å². The summed E-state index contributed by atoms with van der Waals surface area (Å²) in [6.45, 7) is -2.58. The lowest BCUT2D eigenvalue weighted by Gasteiger charge is -2.15. The van der Waals surface area contributed by atoms with Crippen LogP contribution in [0.3, 0.4) is 0 Å². The summed E-state index contributed by atoms with van der Waals surface area (Å²) in [5.41, 5.74) is 2.34. The number of carbonyl (C=O) groups excluding carboxylic acids is 1. The molecule has 0 aliphatic carbocycles. The molecule has 7 heteroatoms. The lowest BCUT2D eigenvalue weighted by Crippen LogP contribution is -2.28. The Morgan fingerprint density at radius 2 is 1.53 bits per heavy atom. The van der Waals surface area contributed by atoms with E-state index in [1.807, 2.05) is 36.4 Å². The van der Waals surface area contributed by atoms with E-state index in [2.05, 4.69) is 9.84 Å². The van der Waals surface area contributed by atoms with E-state index in [0.717, 1.165) is 5.56 Å². The standard InChI is InChI=1S/C23H18F2N2O3/c24-22(25)29-19-13-11-17(12-14-19)21-20(16-7-3-1-4-8-16)15-27(26-21)23(28)30-18-9-5-2-6-10-18/h1-14,20,22H,15H2. The molecule has 5 nitrogen and oxygen atoms in total. The van der Waals surface area contributed by atoms with Gasteiger partial charge in [-0.1, -0.05) is 48.5 Å². The Morgan fingerprint density at radius 3 is 2.17 bits per heavy atom. The van der Waals surface area contributed by atoms with Gasteiger partial charge in [0.2, 0.25) is 0 Å². The minimum Gasteiger partial charge on any atom is -0.435 e. The van der Waals surface area contributed by atoms with Crippen molar-refractivity contribution in [1.82, 2.24) is 5.01 Å². The van der Waals surface area contributed by atoms with Gasteiger partial charge in [0.05, 0.1) is 12.3 Å². The van der Waals surface area contributed by atoms with Gasteiger partial charge in [-0.2, -0.15) is 18.9 Å². The Morgan fingerprint density at radius 1 is 0.900 bits per heavy atom. The smallest absolute Gasteiger partial charge is 0.435 e. The first-order valence-corrected chi connectivity index (χ1v) is 9.33. The van der Waals surface area contributed by atoms with Gasteiger partial charge in [0.25, 0.3) is 0 Å². The predicted molar refractivity (Wildman–Crippen MR) is 108 cm³/mol. The molecule has 0 bridgehead atoms. The molecule has 0 saturated carbocycles. The van der Waals surface area contributed by atoms with Gasteiger partial charge in [-0.25, -0.2) is 4.79 Å². The highest BCUT2D eigenvalue weighted by molar-refractivity contribution is 6.07. The topological polar surface area (TPSA) is 51.1 Å². The molecule has 30 heavy (non-hydrogen) atoms. The highest BCUT2D eigenvalue weighted by Gasteiger charge is 2.33. The predicted octanol–water partition coefficient (Wildman–Crippen LogP) is 5.29. The molecule has 152 valence electrons. The number of para-hydroxylation sites is 1. The van der Waals surface area contributed by atoms with Crippen molar-refractivity contribution >= 4 is 11.8 Å². The Balaban J connectivity index is 1.61. The molecule has 1 aliphatic rings. The fourth-order valence-corrected chi connectivity index (χ4v) is 3.27. The van der Waals surface area contributed by atoms with Gasteiger partial charge in [0.15, 0.2) is 0 Å². The highest BCUT2D eigenvalue weighted by Crippen LogP contribution is 2.30. The quantitative estimate of drug-likeness (QED) is 0.576. The number of alkyl halides is 2. The van der Waals surface area contributed by atoms with Crippen molar-refractivity contribution in [2.45, 2.75) is 12.5 Å². The first-order chi connectivity index (χ1) is 14.6. The van der Waals surface area contributed by atoms with E-state index in [9.17, 15) is 13.6 Å². The summed E-state index contributed by atoms with van der Waals surface area (Å²) in [7, 11) is 0. The molecule has 0 spiro atoms. The van der Waals surface area contributed by atoms with Crippen molar-refractivity contribution in [3.8, 4) is 11.5 Å². The number of ether oxygens (including phenoxy) is 2. The summed E-state index contributed by atoms with van der Waals surface area (Å²) in [5.74, 6) is 0.302. The fraction of sp³-hybridized carbons (Fsp3) is 0.130. The molecule has 0 radical (unpaired) electrons. The fourth-order valence-electron chi connectivity index (χ4n) is 3.27. The van der Waals surface area contributed by atoms with E-state index in [0.29, 0.717) is 23.6 Å². The van der Waals surface area contributed by atoms with Crippen LogP contribution in [-0.4, -0.2) is 30.0 Å². The van der Waals surface area contributed by atoms with Crippen molar-refractivity contribution in [2.24, 2.45) is 5.10 Å². The average molecular weight is 408 g/mol. The lowest BCUT2D eigenvalue weighted by molar-refractivity contribution is -0.0498. The van der Waals surface area contributed by atoms with Crippen molar-refractivity contribution in [3.63, 3.8) is 0 Å². The molecule has 0 saturated heterocycles. The molecule has 4 rings (SSSR count). The normalized spacial score (nSPS) is 15.8. The number of carbonyl (C=O) groups is 1. The van der Waals surface area contributed by atoms with Crippen LogP contribution in [0.1, 0.15) is 17.0 Å². The van der Waals surface area contributed by atoms with Crippen LogP contribution in [0.25, 0.3) is 0 Å². The molecule has 1 atom stereocenters. The molecular formula is C23H18F2N2O3. The third-order valence-electron chi connectivity index (χ3n) is 4.65. The zero-order valence-corrected chi connectivity index (χ0v) is 15.8. The van der Waals surface area contributed by atoms with Crippen LogP contribution in [0.15, 0.2) is 90.0 Å². The van der Waals surface area contributed by atoms with E-state index in [4.69, 9.17) is 4.74 Å². The van der Waals surface area contributed by atoms with Crippen molar-refractivity contribution in [2.75, 3.05) is 6.54 Å².